The number of fused-ring (bicyclic) bond motifs is 1. The molecule has 1 unspecified atom stereocenters. The SMILES string of the molecule is COC1Nc2cc(O)ccc2/C1=C(/N)c1ccccc1. The Morgan fingerprint density at radius 1 is 1.20 bits per heavy atom. The van der Waals surface area contributed by atoms with Gasteiger partial charge in [0.1, 0.15) is 5.75 Å². The maximum atomic E-state index is 9.57. The molecule has 3 rings (SSSR count). The van der Waals surface area contributed by atoms with E-state index in [1.165, 1.54) is 0 Å². The van der Waals surface area contributed by atoms with E-state index in [-0.39, 0.29) is 12.0 Å². The number of anilines is 1. The first kappa shape index (κ1) is 12.6. The number of phenols is 1. The second-order valence-electron chi connectivity index (χ2n) is 4.68. The molecule has 102 valence electrons. The maximum absolute atomic E-state index is 9.57. The van der Waals surface area contributed by atoms with Crippen LogP contribution in [0.15, 0.2) is 48.5 Å². The molecule has 0 aliphatic carbocycles. The number of methoxy groups -OCH3 is 1. The van der Waals surface area contributed by atoms with Crippen LogP contribution in [0.4, 0.5) is 5.69 Å². The van der Waals surface area contributed by atoms with Gasteiger partial charge < -0.3 is 20.9 Å². The van der Waals surface area contributed by atoms with E-state index in [0.717, 1.165) is 22.4 Å². The summed E-state index contributed by atoms with van der Waals surface area (Å²) in [5.74, 6) is 0.214. The molecule has 1 aliphatic heterocycles. The van der Waals surface area contributed by atoms with Crippen molar-refractivity contribution in [3.8, 4) is 5.75 Å². The smallest absolute Gasteiger partial charge is 0.156 e. The van der Waals surface area contributed by atoms with E-state index >= 15 is 0 Å². The summed E-state index contributed by atoms with van der Waals surface area (Å²) in [6, 6.07) is 15.0. The fourth-order valence-corrected chi connectivity index (χ4v) is 2.48. The number of ether oxygens (including phenoxy) is 1. The minimum atomic E-state index is -0.313. The summed E-state index contributed by atoms with van der Waals surface area (Å²) in [7, 11) is 1.63. The van der Waals surface area contributed by atoms with Gasteiger partial charge in [-0.2, -0.15) is 0 Å². The third-order valence-corrected chi connectivity index (χ3v) is 3.45. The summed E-state index contributed by atoms with van der Waals surface area (Å²) in [6.45, 7) is 0. The van der Waals surface area contributed by atoms with E-state index in [2.05, 4.69) is 5.32 Å². The molecule has 4 N–H and O–H groups in total. The van der Waals surface area contributed by atoms with Crippen LogP contribution in [0.25, 0.3) is 11.3 Å². The highest BCUT2D eigenvalue weighted by Gasteiger charge is 2.29. The molecule has 20 heavy (non-hydrogen) atoms. The molecule has 0 saturated heterocycles. The molecule has 1 heterocycles. The Morgan fingerprint density at radius 3 is 2.65 bits per heavy atom. The molecule has 4 nitrogen and oxygen atoms in total. The monoisotopic (exact) mass is 268 g/mol. The molecule has 0 radical (unpaired) electrons. The summed E-state index contributed by atoms with van der Waals surface area (Å²) in [5, 5.41) is 12.8. The van der Waals surface area contributed by atoms with E-state index in [1.807, 2.05) is 36.4 Å². The van der Waals surface area contributed by atoms with Crippen LogP contribution < -0.4 is 11.1 Å². The topological polar surface area (TPSA) is 67.5 Å². The van der Waals surface area contributed by atoms with Gasteiger partial charge in [-0.1, -0.05) is 30.3 Å². The number of rotatable bonds is 2. The lowest BCUT2D eigenvalue weighted by molar-refractivity contribution is 0.173. The fraction of sp³-hybridized carbons (Fsp3) is 0.125. The molecule has 0 bridgehead atoms. The van der Waals surface area contributed by atoms with Crippen LogP contribution in [-0.2, 0) is 4.74 Å². The average molecular weight is 268 g/mol. The largest absolute Gasteiger partial charge is 0.508 e. The second kappa shape index (κ2) is 4.90. The number of nitrogens with one attached hydrogen (secondary N) is 1. The number of benzene rings is 2. The van der Waals surface area contributed by atoms with Crippen LogP contribution in [-0.4, -0.2) is 18.4 Å². The van der Waals surface area contributed by atoms with E-state index < -0.39 is 0 Å². The van der Waals surface area contributed by atoms with Crippen LogP contribution in [0.1, 0.15) is 11.1 Å². The standard InChI is InChI=1S/C16H16N2O2/c1-20-16-14(15(17)10-5-3-2-4-6-10)12-8-7-11(19)9-13(12)18-16/h2-9,16,18-19H,17H2,1H3/b15-14-. The first-order valence-corrected chi connectivity index (χ1v) is 6.38. The van der Waals surface area contributed by atoms with E-state index in [1.54, 1.807) is 19.2 Å². The second-order valence-corrected chi connectivity index (χ2v) is 4.68. The first-order valence-electron chi connectivity index (χ1n) is 6.38. The zero-order valence-corrected chi connectivity index (χ0v) is 11.1. The van der Waals surface area contributed by atoms with Gasteiger partial charge in [0.2, 0.25) is 0 Å². The number of aromatic hydroxyl groups is 1. The van der Waals surface area contributed by atoms with Gasteiger partial charge in [-0.3, -0.25) is 0 Å². The Kier molecular flexibility index (Phi) is 3.08. The Bertz CT molecular complexity index is 665. The van der Waals surface area contributed by atoms with Crippen molar-refractivity contribution < 1.29 is 9.84 Å². The number of phenolic OH excluding ortho intramolecular Hbond substituents is 1. The molecule has 1 atom stereocenters. The van der Waals surface area contributed by atoms with Crippen LogP contribution in [0.5, 0.6) is 5.75 Å². The van der Waals surface area contributed by atoms with E-state index in [4.69, 9.17) is 10.5 Å². The lowest BCUT2D eigenvalue weighted by Gasteiger charge is -2.14. The van der Waals surface area contributed by atoms with Crippen molar-refractivity contribution in [1.29, 1.82) is 0 Å². The third kappa shape index (κ3) is 2.00. The van der Waals surface area contributed by atoms with Crippen molar-refractivity contribution in [2.45, 2.75) is 6.23 Å². The molecule has 0 aromatic heterocycles. The summed E-state index contributed by atoms with van der Waals surface area (Å²) >= 11 is 0. The van der Waals surface area contributed by atoms with Gasteiger partial charge in [0, 0.05) is 35.7 Å². The third-order valence-electron chi connectivity index (χ3n) is 3.45. The summed E-state index contributed by atoms with van der Waals surface area (Å²) in [4.78, 5) is 0. The quantitative estimate of drug-likeness (QED) is 0.783. The molecule has 4 heteroatoms. The zero-order chi connectivity index (χ0) is 14.1. The van der Waals surface area contributed by atoms with Crippen molar-refractivity contribution >= 4 is 17.0 Å². The van der Waals surface area contributed by atoms with Crippen LogP contribution in [0, 0.1) is 0 Å². The molecule has 0 spiro atoms. The first-order chi connectivity index (χ1) is 9.70. The van der Waals surface area contributed by atoms with Crippen LogP contribution in [0.3, 0.4) is 0 Å². The van der Waals surface area contributed by atoms with Gasteiger partial charge in [-0.05, 0) is 17.7 Å². The Labute approximate surface area is 117 Å². The van der Waals surface area contributed by atoms with E-state index in [0.29, 0.717) is 5.70 Å². The predicted octanol–water partition coefficient (Wildman–Crippen LogP) is 2.62. The van der Waals surface area contributed by atoms with Crippen molar-refractivity contribution in [3.63, 3.8) is 0 Å². The zero-order valence-electron chi connectivity index (χ0n) is 11.1. The maximum Gasteiger partial charge on any atom is 0.156 e. The Morgan fingerprint density at radius 2 is 1.95 bits per heavy atom. The minimum absolute atomic E-state index is 0.214. The fourth-order valence-electron chi connectivity index (χ4n) is 2.48. The molecule has 2 aromatic carbocycles. The molecule has 2 aromatic rings. The molecule has 0 fully saturated rings. The molecule has 0 saturated carbocycles. The molecular formula is C16H16N2O2. The molecule has 0 amide bonds. The highest BCUT2D eigenvalue weighted by Crippen LogP contribution is 2.40. The van der Waals surface area contributed by atoms with Gasteiger partial charge in [-0.15, -0.1) is 0 Å². The molecular weight excluding hydrogens is 252 g/mol. The predicted molar refractivity (Wildman–Crippen MR) is 80.0 cm³/mol. The normalized spacial score (nSPS) is 19.4. The van der Waals surface area contributed by atoms with Crippen molar-refractivity contribution in [2.24, 2.45) is 5.73 Å². The van der Waals surface area contributed by atoms with Gasteiger partial charge in [0.05, 0.1) is 0 Å². The van der Waals surface area contributed by atoms with Gasteiger partial charge >= 0.3 is 0 Å². The van der Waals surface area contributed by atoms with Crippen LogP contribution >= 0.6 is 0 Å². The summed E-state index contributed by atoms with van der Waals surface area (Å²) in [5.41, 5.74) is 10.6. The Hall–Kier alpha value is -2.46. The lowest BCUT2D eigenvalue weighted by Crippen LogP contribution is -2.19. The number of hydrogen-bond donors (Lipinski definition) is 3. The Balaban J connectivity index is 2.17. The number of hydrogen-bond acceptors (Lipinski definition) is 4. The van der Waals surface area contributed by atoms with Crippen LogP contribution in [0.2, 0.25) is 0 Å². The highest BCUT2D eigenvalue weighted by atomic mass is 16.5. The van der Waals surface area contributed by atoms with Crippen molar-refractivity contribution in [1.82, 2.24) is 0 Å². The molecule has 1 aliphatic rings. The summed E-state index contributed by atoms with van der Waals surface area (Å²) in [6.07, 6.45) is -0.313. The van der Waals surface area contributed by atoms with Gasteiger partial charge in [0.25, 0.3) is 0 Å². The summed E-state index contributed by atoms with van der Waals surface area (Å²) < 4.78 is 5.46. The minimum Gasteiger partial charge on any atom is -0.508 e. The van der Waals surface area contributed by atoms with Crippen molar-refractivity contribution in [2.75, 3.05) is 12.4 Å². The lowest BCUT2D eigenvalue weighted by atomic mass is 10.0. The van der Waals surface area contributed by atoms with Gasteiger partial charge in [-0.25, -0.2) is 0 Å². The van der Waals surface area contributed by atoms with E-state index in [9.17, 15) is 5.11 Å². The van der Waals surface area contributed by atoms with Crippen molar-refractivity contribution in [3.05, 3.63) is 59.7 Å². The van der Waals surface area contributed by atoms with Gasteiger partial charge in [0.15, 0.2) is 6.23 Å². The number of nitrogens with two attached hydrogens (primary N) is 1. The average Bonchev–Trinajstić information content (AvgIpc) is 2.84. The highest BCUT2D eigenvalue weighted by molar-refractivity contribution is 5.99.